The van der Waals surface area contributed by atoms with Crippen molar-refractivity contribution in [3.05, 3.63) is 175 Å². The molecule has 216 valence electrons. The predicted octanol–water partition coefficient (Wildman–Crippen LogP) is 12.0. The molecule has 1 aliphatic carbocycles. The first-order valence-electron chi connectivity index (χ1n) is 15.4. The van der Waals surface area contributed by atoms with Gasteiger partial charge >= 0.3 is 0 Å². The Bertz CT molecular complexity index is 2130. The lowest BCUT2D eigenvalue weighted by molar-refractivity contribution is 0.590. The Morgan fingerprint density at radius 2 is 0.933 bits per heavy atom. The van der Waals surface area contributed by atoms with Gasteiger partial charge in [0.2, 0.25) is 0 Å². The zero-order chi connectivity index (χ0) is 30.2. The first kappa shape index (κ1) is 26.9. The topological polar surface area (TPSA) is 8.17 Å². The van der Waals surface area contributed by atoms with Crippen LogP contribution in [0.4, 0.5) is 21.5 Å². The zero-order valence-corrected chi connectivity index (χ0v) is 24.8. The van der Waals surface area contributed by atoms with Crippen molar-refractivity contribution >= 4 is 44.4 Å². The molecule has 0 fully saturated rings. The van der Waals surface area contributed by atoms with Gasteiger partial charge in [0.1, 0.15) is 5.83 Å². The molecule has 0 amide bonds. The van der Waals surface area contributed by atoms with Crippen LogP contribution in [-0.2, 0) is 0 Å². The fourth-order valence-electron chi connectivity index (χ4n) is 6.51. The van der Waals surface area contributed by atoms with Crippen molar-refractivity contribution in [2.45, 2.75) is 12.8 Å². The Balaban J connectivity index is 1.11. The first-order valence-corrected chi connectivity index (χ1v) is 15.4. The second kappa shape index (κ2) is 11.4. The van der Waals surface area contributed by atoms with Crippen LogP contribution in [0.15, 0.2) is 170 Å². The van der Waals surface area contributed by atoms with Crippen molar-refractivity contribution in [3.8, 4) is 16.8 Å². The Morgan fingerprint density at radius 3 is 1.49 bits per heavy atom. The van der Waals surface area contributed by atoms with Gasteiger partial charge in [-0.05, 0) is 95.4 Å². The molecule has 1 aliphatic rings. The van der Waals surface area contributed by atoms with E-state index in [4.69, 9.17) is 0 Å². The van der Waals surface area contributed by atoms with Crippen LogP contribution in [0.25, 0.3) is 44.2 Å². The number of para-hydroxylation sites is 3. The third kappa shape index (κ3) is 5.03. The lowest BCUT2D eigenvalue weighted by Crippen LogP contribution is -2.09. The van der Waals surface area contributed by atoms with Crippen molar-refractivity contribution < 1.29 is 4.39 Å². The maximum absolute atomic E-state index is 13.5. The van der Waals surface area contributed by atoms with E-state index in [2.05, 4.69) is 155 Å². The van der Waals surface area contributed by atoms with Crippen molar-refractivity contribution in [3.63, 3.8) is 0 Å². The highest BCUT2D eigenvalue weighted by molar-refractivity contribution is 6.09. The second-order valence-electron chi connectivity index (χ2n) is 11.5. The number of allylic oxidation sites excluding steroid dienone is 4. The summed E-state index contributed by atoms with van der Waals surface area (Å²) in [6.45, 7) is 0. The molecule has 0 saturated carbocycles. The van der Waals surface area contributed by atoms with Gasteiger partial charge in [-0.2, -0.15) is 0 Å². The molecule has 0 saturated heterocycles. The zero-order valence-electron chi connectivity index (χ0n) is 24.8. The number of fused-ring (bicyclic) bond motifs is 3. The minimum atomic E-state index is -0.0480. The monoisotopic (exact) mass is 582 g/mol. The highest BCUT2D eigenvalue weighted by atomic mass is 19.1. The average molecular weight is 583 g/mol. The summed E-state index contributed by atoms with van der Waals surface area (Å²) in [5.74, 6) is -0.0480. The summed E-state index contributed by atoms with van der Waals surface area (Å²) in [5, 5.41) is 2.54. The Labute approximate surface area is 262 Å². The van der Waals surface area contributed by atoms with Crippen LogP contribution >= 0.6 is 0 Å². The van der Waals surface area contributed by atoms with Gasteiger partial charge in [-0.3, -0.25) is 0 Å². The molecule has 8 rings (SSSR count). The summed E-state index contributed by atoms with van der Waals surface area (Å²) < 4.78 is 15.9. The molecule has 0 radical (unpaired) electrons. The Morgan fingerprint density at radius 1 is 0.444 bits per heavy atom. The smallest absolute Gasteiger partial charge is 0.100 e. The lowest BCUT2D eigenvalue weighted by Gasteiger charge is -2.26. The molecule has 0 unspecified atom stereocenters. The number of benzene rings is 6. The maximum atomic E-state index is 13.5. The number of rotatable bonds is 6. The summed E-state index contributed by atoms with van der Waals surface area (Å²) in [4.78, 5) is 2.27. The van der Waals surface area contributed by atoms with E-state index in [0.717, 1.165) is 34.7 Å². The lowest BCUT2D eigenvalue weighted by atomic mass is 9.96. The SMILES string of the molecule is FC1=CC=C(c2ccc(N(c3ccccc3)c3ccc(-c4ccc(-n5c6ccccc6c6ccccc65)cc4)cc3)cc2)CC1. The minimum absolute atomic E-state index is 0.0480. The van der Waals surface area contributed by atoms with Crippen LogP contribution in [0.2, 0.25) is 0 Å². The van der Waals surface area contributed by atoms with Gasteiger partial charge in [0.25, 0.3) is 0 Å². The fraction of sp³-hybridized carbons (Fsp3) is 0.0476. The van der Waals surface area contributed by atoms with Gasteiger partial charge in [-0.1, -0.05) is 97.1 Å². The molecule has 7 aromatic rings. The van der Waals surface area contributed by atoms with E-state index in [1.807, 2.05) is 12.1 Å². The second-order valence-corrected chi connectivity index (χ2v) is 11.5. The molecule has 0 spiro atoms. The summed E-state index contributed by atoms with van der Waals surface area (Å²) >= 11 is 0. The number of hydrogen-bond acceptors (Lipinski definition) is 1. The number of halogens is 1. The van der Waals surface area contributed by atoms with E-state index in [9.17, 15) is 4.39 Å². The van der Waals surface area contributed by atoms with E-state index in [-0.39, 0.29) is 5.83 Å². The highest BCUT2D eigenvalue weighted by Gasteiger charge is 2.15. The normalized spacial score (nSPS) is 13.1. The van der Waals surface area contributed by atoms with E-state index < -0.39 is 0 Å². The summed E-state index contributed by atoms with van der Waals surface area (Å²) in [6, 6.07) is 53.9. The fourth-order valence-corrected chi connectivity index (χ4v) is 6.51. The largest absolute Gasteiger partial charge is 0.311 e. The van der Waals surface area contributed by atoms with Crippen LogP contribution in [0.3, 0.4) is 0 Å². The number of aromatic nitrogens is 1. The van der Waals surface area contributed by atoms with Gasteiger partial charge in [0, 0.05) is 39.9 Å². The number of hydrogen-bond donors (Lipinski definition) is 0. The third-order valence-corrected chi connectivity index (χ3v) is 8.77. The third-order valence-electron chi connectivity index (χ3n) is 8.77. The van der Waals surface area contributed by atoms with E-state index in [1.54, 1.807) is 6.08 Å². The molecule has 0 bridgehead atoms. The Kier molecular flexibility index (Phi) is 6.84. The van der Waals surface area contributed by atoms with Gasteiger partial charge in [-0.15, -0.1) is 0 Å². The molecule has 0 N–H and O–H groups in total. The van der Waals surface area contributed by atoms with Crippen LogP contribution in [-0.4, -0.2) is 4.57 Å². The summed E-state index contributed by atoms with van der Waals surface area (Å²) in [6.07, 6.45) is 4.68. The molecule has 0 aliphatic heterocycles. The Hall–Kier alpha value is -5.67. The standard InChI is InChI=1S/C42H31FN2/c43-34-22-14-30(15-23-34)31-16-24-36(25-17-31)44(35-8-2-1-3-9-35)37-26-18-32(19-27-37)33-20-28-38(29-21-33)45-41-12-6-4-10-39(41)40-11-5-7-13-42(40)45/h1-14,16-22,24-29H,15,23H2. The van der Waals surface area contributed by atoms with Gasteiger partial charge in [0.05, 0.1) is 11.0 Å². The van der Waals surface area contributed by atoms with Gasteiger partial charge in [-0.25, -0.2) is 4.39 Å². The predicted molar refractivity (Wildman–Crippen MR) is 187 cm³/mol. The van der Waals surface area contributed by atoms with E-state index in [0.29, 0.717) is 6.42 Å². The molecule has 45 heavy (non-hydrogen) atoms. The molecule has 6 aromatic carbocycles. The van der Waals surface area contributed by atoms with Crippen molar-refractivity contribution in [1.82, 2.24) is 4.57 Å². The number of anilines is 3. The van der Waals surface area contributed by atoms with Crippen LogP contribution in [0, 0.1) is 0 Å². The highest BCUT2D eigenvalue weighted by Crippen LogP contribution is 2.37. The average Bonchev–Trinajstić information content (AvgIpc) is 3.44. The van der Waals surface area contributed by atoms with Gasteiger partial charge < -0.3 is 9.47 Å². The number of nitrogens with zero attached hydrogens (tertiary/aromatic N) is 2. The molecule has 2 nitrogen and oxygen atoms in total. The molecular formula is C42H31FN2. The quantitative estimate of drug-likeness (QED) is 0.189. The van der Waals surface area contributed by atoms with Crippen molar-refractivity contribution in [2.24, 2.45) is 0 Å². The summed E-state index contributed by atoms with van der Waals surface area (Å²) in [7, 11) is 0. The van der Waals surface area contributed by atoms with Crippen LogP contribution < -0.4 is 4.90 Å². The van der Waals surface area contributed by atoms with E-state index >= 15 is 0 Å². The molecule has 3 heteroatoms. The summed E-state index contributed by atoms with van der Waals surface area (Å²) in [5.41, 5.74) is 11.5. The van der Waals surface area contributed by atoms with Crippen LogP contribution in [0.5, 0.6) is 0 Å². The molecule has 1 heterocycles. The molecule has 0 atom stereocenters. The van der Waals surface area contributed by atoms with Gasteiger partial charge in [0.15, 0.2) is 0 Å². The molecule has 1 aromatic heterocycles. The van der Waals surface area contributed by atoms with Crippen molar-refractivity contribution in [2.75, 3.05) is 4.90 Å². The van der Waals surface area contributed by atoms with Crippen molar-refractivity contribution in [1.29, 1.82) is 0 Å². The van der Waals surface area contributed by atoms with Crippen LogP contribution in [0.1, 0.15) is 18.4 Å². The minimum Gasteiger partial charge on any atom is -0.311 e. The van der Waals surface area contributed by atoms with E-state index in [1.165, 1.54) is 38.5 Å². The molecular weight excluding hydrogens is 551 g/mol. The maximum Gasteiger partial charge on any atom is 0.100 e. The first-order chi connectivity index (χ1) is 22.2.